The van der Waals surface area contributed by atoms with Crippen molar-refractivity contribution >= 4 is 5.95 Å². The molecule has 0 radical (unpaired) electrons. The quantitative estimate of drug-likeness (QED) is 0.820. The molecule has 0 saturated heterocycles. The van der Waals surface area contributed by atoms with Gasteiger partial charge in [-0.2, -0.15) is 10.2 Å². The maximum atomic E-state index is 8.81. The van der Waals surface area contributed by atoms with E-state index in [2.05, 4.69) is 16.2 Å². The Morgan fingerprint density at radius 3 is 2.83 bits per heavy atom. The van der Waals surface area contributed by atoms with Gasteiger partial charge in [-0.3, -0.25) is 0 Å². The van der Waals surface area contributed by atoms with Gasteiger partial charge in [-0.25, -0.2) is 4.68 Å². The van der Waals surface area contributed by atoms with Gasteiger partial charge in [0.1, 0.15) is 5.82 Å². The Bertz CT molecular complexity index is 605. The largest absolute Gasteiger partial charge is 0.366 e. The highest BCUT2D eigenvalue weighted by Gasteiger charge is 2.25. The summed E-state index contributed by atoms with van der Waals surface area (Å²) in [6.07, 6.45) is 2.12. The number of anilines is 1. The highest BCUT2D eigenvalue weighted by atomic mass is 15.4. The first-order valence-corrected chi connectivity index (χ1v) is 5.98. The van der Waals surface area contributed by atoms with E-state index in [0.29, 0.717) is 11.5 Å². The zero-order chi connectivity index (χ0) is 12.5. The Labute approximate surface area is 105 Å². The van der Waals surface area contributed by atoms with Crippen LogP contribution in [0.2, 0.25) is 0 Å². The van der Waals surface area contributed by atoms with Gasteiger partial charge in [-0.1, -0.05) is 12.1 Å². The smallest absolute Gasteiger partial charge is 0.239 e. The molecule has 2 aromatic rings. The van der Waals surface area contributed by atoms with E-state index in [0.717, 1.165) is 25.2 Å². The summed E-state index contributed by atoms with van der Waals surface area (Å²) in [6, 6.07) is 9.79. The lowest BCUT2D eigenvalue weighted by atomic mass is 9.91. The molecule has 1 aromatic heterocycles. The molecule has 2 N–H and O–H groups in total. The van der Waals surface area contributed by atoms with Crippen LogP contribution >= 0.6 is 0 Å². The Morgan fingerprint density at radius 1 is 1.33 bits per heavy atom. The molecule has 1 unspecified atom stereocenters. The van der Waals surface area contributed by atoms with Crippen molar-refractivity contribution in [2.45, 2.75) is 25.3 Å². The fraction of sp³-hybridized carbons (Fsp3) is 0.308. The summed E-state index contributed by atoms with van der Waals surface area (Å²) < 4.78 is 1.89. The molecule has 0 spiro atoms. The van der Waals surface area contributed by atoms with Crippen LogP contribution in [0.25, 0.3) is 0 Å². The van der Waals surface area contributed by atoms with Crippen molar-refractivity contribution in [1.29, 1.82) is 5.26 Å². The number of nitrogens with zero attached hydrogens (tertiary/aromatic N) is 4. The molecule has 5 heteroatoms. The zero-order valence-corrected chi connectivity index (χ0v) is 9.87. The van der Waals surface area contributed by atoms with Crippen molar-refractivity contribution in [3.8, 4) is 6.07 Å². The molecule has 0 bridgehead atoms. The van der Waals surface area contributed by atoms with E-state index in [1.807, 2.05) is 28.9 Å². The average Bonchev–Trinajstić information content (AvgIpc) is 2.79. The van der Waals surface area contributed by atoms with E-state index in [1.54, 1.807) is 0 Å². The van der Waals surface area contributed by atoms with Gasteiger partial charge in [0, 0.05) is 12.5 Å². The summed E-state index contributed by atoms with van der Waals surface area (Å²) in [5.41, 5.74) is 7.50. The summed E-state index contributed by atoms with van der Waals surface area (Å²) in [4.78, 5) is 4.32. The van der Waals surface area contributed by atoms with Gasteiger partial charge >= 0.3 is 0 Å². The Morgan fingerprint density at radius 2 is 2.11 bits per heavy atom. The van der Waals surface area contributed by atoms with Crippen LogP contribution in [0.3, 0.4) is 0 Å². The number of nitrogen functional groups attached to an aromatic ring is 1. The molecule has 1 atom stereocenters. The molecule has 3 rings (SSSR count). The van der Waals surface area contributed by atoms with Crippen LogP contribution in [-0.2, 0) is 6.54 Å². The molecule has 2 heterocycles. The second-order valence-electron chi connectivity index (χ2n) is 4.48. The van der Waals surface area contributed by atoms with Gasteiger partial charge in [0.25, 0.3) is 0 Å². The second kappa shape index (κ2) is 4.15. The number of nitrogens with two attached hydrogens (primary N) is 1. The minimum Gasteiger partial charge on any atom is -0.366 e. The van der Waals surface area contributed by atoms with E-state index < -0.39 is 0 Å². The van der Waals surface area contributed by atoms with Crippen molar-refractivity contribution in [2.75, 3.05) is 5.73 Å². The lowest BCUT2D eigenvalue weighted by molar-refractivity contribution is 0.446. The van der Waals surface area contributed by atoms with Gasteiger partial charge in [-0.15, -0.1) is 5.10 Å². The molecule has 90 valence electrons. The third kappa shape index (κ3) is 1.72. The van der Waals surface area contributed by atoms with Crippen LogP contribution in [0.15, 0.2) is 24.3 Å². The number of fused-ring (bicyclic) bond motifs is 1. The number of nitriles is 1. The fourth-order valence-corrected chi connectivity index (χ4v) is 2.47. The highest BCUT2D eigenvalue weighted by Crippen LogP contribution is 2.32. The van der Waals surface area contributed by atoms with E-state index >= 15 is 0 Å². The summed E-state index contributed by atoms with van der Waals surface area (Å²) in [5.74, 6) is 1.50. The normalized spacial score (nSPS) is 18.1. The first kappa shape index (κ1) is 10.8. The van der Waals surface area contributed by atoms with E-state index in [1.165, 1.54) is 5.56 Å². The number of rotatable bonds is 1. The number of aryl methyl sites for hydroxylation is 1. The summed E-state index contributed by atoms with van der Waals surface area (Å²) >= 11 is 0. The number of aromatic nitrogens is 3. The van der Waals surface area contributed by atoms with Gasteiger partial charge in [0.2, 0.25) is 5.95 Å². The molecule has 1 aliphatic heterocycles. The molecule has 0 amide bonds. The lowest BCUT2D eigenvalue weighted by Crippen LogP contribution is -2.17. The van der Waals surface area contributed by atoms with Gasteiger partial charge in [-0.05, 0) is 30.5 Å². The monoisotopic (exact) mass is 239 g/mol. The van der Waals surface area contributed by atoms with Crippen molar-refractivity contribution < 1.29 is 0 Å². The third-order valence-corrected chi connectivity index (χ3v) is 3.33. The Hall–Kier alpha value is -2.35. The Kier molecular flexibility index (Phi) is 2.49. The zero-order valence-electron chi connectivity index (χ0n) is 9.87. The maximum absolute atomic E-state index is 8.81. The predicted octanol–water partition coefficient (Wildman–Crippen LogP) is 1.66. The maximum Gasteiger partial charge on any atom is 0.239 e. The summed E-state index contributed by atoms with van der Waals surface area (Å²) in [5, 5.41) is 13.0. The van der Waals surface area contributed by atoms with Gasteiger partial charge in [0.05, 0.1) is 11.6 Å². The minimum atomic E-state index is 0.233. The number of hydrogen-bond donors (Lipinski definition) is 1. The van der Waals surface area contributed by atoms with Crippen LogP contribution in [0, 0.1) is 11.3 Å². The van der Waals surface area contributed by atoms with Crippen molar-refractivity contribution in [1.82, 2.24) is 14.8 Å². The number of hydrogen-bond acceptors (Lipinski definition) is 4. The molecule has 0 aliphatic carbocycles. The molecule has 1 aliphatic rings. The first-order valence-electron chi connectivity index (χ1n) is 5.98. The molecule has 1 aromatic carbocycles. The van der Waals surface area contributed by atoms with Crippen LogP contribution in [-0.4, -0.2) is 14.8 Å². The average molecular weight is 239 g/mol. The van der Waals surface area contributed by atoms with E-state index in [9.17, 15) is 0 Å². The van der Waals surface area contributed by atoms with Crippen LogP contribution in [0.4, 0.5) is 5.95 Å². The predicted molar refractivity (Wildman–Crippen MR) is 66.7 cm³/mol. The van der Waals surface area contributed by atoms with E-state index in [-0.39, 0.29) is 5.92 Å². The summed E-state index contributed by atoms with van der Waals surface area (Å²) in [6.45, 7) is 0.881. The second-order valence-corrected chi connectivity index (χ2v) is 4.48. The Balaban J connectivity index is 2.00. The van der Waals surface area contributed by atoms with Crippen LogP contribution in [0.5, 0.6) is 0 Å². The topological polar surface area (TPSA) is 80.5 Å². The molecular formula is C13H13N5. The van der Waals surface area contributed by atoms with Crippen molar-refractivity contribution in [3.63, 3.8) is 0 Å². The third-order valence-electron chi connectivity index (χ3n) is 3.33. The highest BCUT2D eigenvalue weighted by molar-refractivity contribution is 5.36. The minimum absolute atomic E-state index is 0.233. The molecular weight excluding hydrogens is 226 g/mol. The molecule has 0 saturated carbocycles. The summed E-state index contributed by atoms with van der Waals surface area (Å²) in [7, 11) is 0. The van der Waals surface area contributed by atoms with Crippen LogP contribution in [0.1, 0.15) is 35.7 Å². The SMILES string of the molecule is N#Cc1ccc(C2CCCn3nc(N)nc32)cc1. The van der Waals surface area contributed by atoms with Crippen molar-refractivity contribution in [2.24, 2.45) is 0 Å². The first-order chi connectivity index (χ1) is 8.78. The fourth-order valence-electron chi connectivity index (χ4n) is 2.47. The van der Waals surface area contributed by atoms with Crippen molar-refractivity contribution in [3.05, 3.63) is 41.2 Å². The van der Waals surface area contributed by atoms with Crippen LogP contribution < -0.4 is 5.73 Å². The van der Waals surface area contributed by atoms with Gasteiger partial charge in [0.15, 0.2) is 0 Å². The standard InChI is InChI=1S/C13H13N5/c14-8-9-3-5-10(6-4-9)11-2-1-7-18-12(11)16-13(15)17-18/h3-6,11H,1-2,7H2,(H2,15,17). The molecule has 5 nitrogen and oxygen atoms in total. The molecule has 18 heavy (non-hydrogen) atoms. The van der Waals surface area contributed by atoms with E-state index in [4.69, 9.17) is 11.0 Å². The molecule has 0 fully saturated rings. The van der Waals surface area contributed by atoms with Gasteiger partial charge < -0.3 is 5.73 Å². The number of benzene rings is 1. The lowest BCUT2D eigenvalue weighted by Gasteiger charge is -2.22.